The number of nitrogens with one attached hydrogen (secondary N) is 1. The van der Waals surface area contributed by atoms with Crippen LogP contribution in [0.15, 0.2) is 48.5 Å². The van der Waals surface area contributed by atoms with Gasteiger partial charge in [0.2, 0.25) is 0 Å². The summed E-state index contributed by atoms with van der Waals surface area (Å²) in [4.78, 5) is 40.9. The van der Waals surface area contributed by atoms with E-state index >= 15 is 0 Å². The summed E-state index contributed by atoms with van der Waals surface area (Å²) < 4.78 is 41.0. The van der Waals surface area contributed by atoms with Crippen molar-refractivity contribution in [3.63, 3.8) is 0 Å². The van der Waals surface area contributed by atoms with E-state index < -0.39 is 29.6 Å². The molecule has 2 aliphatic rings. The van der Waals surface area contributed by atoms with Gasteiger partial charge in [-0.1, -0.05) is 24.3 Å². The number of ether oxygens (including phenoxy) is 1. The molecule has 0 radical (unpaired) electrons. The predicted octanol–water partition coefficient (Wildman–Crippen LogP) is 3.79. The first-order valence-electron chi connectivity index (χ1n) is 10.5. The third-order valence-electron chi connectivity index (χ3n) is 5.88. The van der Waals surface area contributed by atoms with Crippen molar-refractivity contribution in [2.24, 2.45) is 0 Å². The van der Waals surface area contributed by atoms with Crippen LogP contribution >= 0.6 is 0 Å². The van der Waals surface area contributed by atoms with Gasteiger partial charge in [-0.05, 0) is 55.2 Å². The zero-order valence-electron chi connectivity index (χ0n) is 17.8. The van der Waals surface area contributed by atoms with E-state index in [4.69, 9.17) is 0 Å². The fourth-order valence-corrected chi connectivity index (χ4v) is 4.06. The summed E-state index contributed by atoms with van der Waals surface area (Å²) in [5.41, 5.74) is 0.0994. The quantitative estimate of drug-likeness (QED) is 0.688. The number of benzene rings is 2. The number of halogens is 3. The molecule has 1 N–H and O–H groups in total. The molecule has 2 saturated heterocycles. The average molecular weight is 461 g/mol. The zero-order valence-corrected chi connectivity index (χ0v) is 17.8. The lowest BCUT2D eigenvalue weighted by molar-refractivity contribution is -0.274. The lowest BCUT2D eigenvalue weighted by Gasteiger charge is -2.22. The third-order valence-corrected chi connectivity index (χ3v) is 5.88. The summed E-state index contributed by atoms with van der Waals surface area (Å²) in [5.74, 6) is -0.999. The van der Waals surface area contributed by atoms with E-state index in [2.05, 4.69) is 10.1 Å². The van der Waals surface area contributed by atoms with Gasteiger partial charge >= 0.3 is 12.4 Å². The molecular formula is C23H22F3N3O4. The number of carbonyl (C=O) groups is 3. The molecule has 2 heterocycles. The fraction of sp³-hybridized carbons (Fsp3) is 0.348. The summed E-state index contributed by atoms with van der Waals surface area (Å²) in [5, 5.41) is 2.61. The second-order valence-corrected chi connectivity index (χ2v) is 8.21. The Morgan fingerprint density at radius 1 is 1.03 bits per heavy atom. The molecule has 0 spiro atoms. The maximum absolute atomic E-state index is 13.1. The molecule has 2 aromatic carbocycles. The molecule has 7 nitrogen and oxygen atoms in total. The van der Waals surface area contributed by atoms with Gasteiger partial charge in [0.1, 0.15) is 11.3 Å². The third kappa shape index (κ3) is 4.64. The van der Waals surface area contributed by atoms with E-state index in [1.54, 1.807) is 29.2 Å². The first kappa shape index (κ1) is 22.6. The number of nitrogens with zero attached hydrogens (tertiary/aromatic N) is 2. The van der Waals surface area contributed by atoms with Crippen LogP contribution < -0.4 is 10.1 Å². The molecule has 2 aliphatic heterocycles. The lowest BCUT2D eigenvalue weighted by Crippen LogP contribution is -2.40. The Kier molecular flexibility index (Phi) is 5.77. The lowest BCUT2D eigenvalue weighted by atomic mass is 9.92. The van der Waals surface area contributed by atoms with Crippen LogP contribution in [0.4, 0.5) is 18.0 Å². The van der Waals surface area contributed by atoms with Gasteiger partial charge < -0.3 is 15.0 Å². The largest absolute Gasteiger partial charge is 0.573 e. The van der Waals surface area contributed by atoms with E-state index in [0.29, 0.717) is 16.7 Å². The molecule has 1 unspecified atom stereocenters. The highest BCUT2D eigenvalue weighted by molar-refractivity contribution is 6.07. The number of rotatable bonds is 5. The Morgan fingerprint density at radius 3 is 2.21 bits per heavy atom. The summed E-state index contributed by atoms with van der Waals surface area (Å²) in [7, 11) is 0. The molecule has 0 aliphatic carbocycles. The molecule has 4 amide bonds. The van der Waals surface area contributed by atoms with Crippen molar-refractivity contribution < 1.29 is 32.3 Å². The summed E-state index contributed by atoms with van der Waals surface area (Å²) in [6, 6.07) is 10.9. The van der Waals surface area contributed by atoms with Crippen molar-refractivity contribution in [3.8, 4) is 5.75 Å². The van der Waals surface area contributed by atoms with E-state index in [1.807, 2.05) is 0 Å². The maximum atomic E-state index is 13.1. The predicted molar refractivity (Wildman–Crippen MR) is 111 cm³/mol. The monoisotopic (exact) mass is 461 g/mol. The number of carbonyl (C=O) groups excluding carboxylic acids is 3. The normalized spacial score (nSPS) is 20.8. The SMILES string of the molecule is CC1(c2ccc(OC(F)(F)F)cc2)NC(=O)N(Cc2ccc(C(=O)N3CCCC3)cc2)C1=O. The van der Waals surface area contributed by atoms with Crippen LogP contribution in [0.5, 0.6) is 5.75 Å². The van der Waals surface area contributed by atoms with Crippen LogP contribution in [0, 0.1) is 0 Å². The van der Waals surface area contributed by atoms with Gasteiger partial charge in [-0.3, -0.25) is 14.5 Å². The second kappa shape index (κ2) is 8.42. The van der Waals surface area contributed by atoms with Crippen LogP contribution in [0.3, 0.4) is 0 Å². The topological polar surface area (TPSA) is 79.0 Å². The Morgan fingerprint density at radius 2 is 1.64 bits per heavy atom. The van der Waals surface area contributed by atoms with E-state index in [-0.39, 0.29) is 12.5 Å². The summed E-state index contributed by atoms with van der Waals surface area (Å²) in [6.45, 7) is 2.97. The highest BCUT2D eigenvalue weighted by Gasteiger charge is 2.49. The molecule has 2 aromatic rings. The summed E-state index contributed by atoms with van der Waals surface area (Å²) in [6.07, 6.45) is -2.84. The van der Waals surface area contributed by atoms with E-state index in [9.17, 15) is 27.6 Å². The highest BCUT2D eigenvalue weighted by atomic mass is 19.4. The Labute approximate surface area is 188 Å². The Balaban J connectivity index is 1.46. The van der Waals surface area contributed by atoms with Crippen molar-refractivity contribution in [2.45, 2.75) is 38.2 Å². The molecule has 0 bridgehead atoms. The van der Waals surface area contributed by atoms with Gasteiger partial charge in [0.25, 0.3) is 11.8 Å². The molecule has 0 saturated carbocycles. The number of imide groups is 1. The van der Waals surface area contributed by atoms with Gasteiger partial charge in [0, 0.05) is 18.7 Å². The number of urea groups is 1. The van der Waals surface area contributed by atoms with Crippen LogP contribution in [-0.4, -0.2) is 47.1 Å². The summed E-state index contributed by atoms with van der Waals surface area (Å²) >= 11 is 0. The maximum Gasteiger partial charge on any atom is 0.573 e. The van der Waals surface area contributed by atoms with Crippen molar-refractivity contribution in [2.75, 3.05) is 13.1 Å². The van der Waals surface area contributed by atoms with Crippen molar-refractivity contribution in [3.05, 3.63) is 65.2 Å². The molecule has 10 heteroatoms. The minimum atomic E-state index is -4.83. The first-order valence-corrected chi connectivity index (χ1v) is 10.5. The highest BCUT2D eigenvalue weighted by Crippen LogP contribution is 2.32. The van der Waals surface area contributed by atoms with Gasteiger partial charge in [-0.2, -0.15) is 0 Å². The van der Waals surface area contributed by atoms with Crippen LogP contribution in [0.25, 0.3) is 0 Å². The minimum Gasteiger partial charge on any atom is -0.406 e. The first-order chi connectivity index (χ1) is 15.6. The molecule has 0 aromatic heterocycles. The minimum absolute atomic E-state index is 0.00624. The van der Waals surface area contributed by atoms with E-state index in [1.165, 1.54) is 19.1 Å². The molecule has 174 valence electrons. The van der Waals surface area contributed by atoms with Crippen LogP contribution in [-0.2, 0) is 16.9 Å². The van der Waals surface area contributed by atoms with Gasteiger partial charge in [-0.25, -0.2) is 4.79 Å². The van der Waals surface area contributed by atoms with Gasteiger partial charge in [0.05, 0.1) is 6.54 Å². The number of likely N-dealkylation sites (tertiary alicyclic amines) is 1. The van der Waals surface area contributed by atoms with Crippen LogP contribution in [0.2, 0.25) is 0 Å². The van der Waals surface area contributed by atoms with Crippen molar-refractivity contribution >= 4 is 17.8 Å². The van der Waals surface area contributed by atoms with Gasteiger partial charge in [0.15, 0.2) is 0 Å². The van der Waals surface area contributed by atoms with Crippen LogP contribution in [0.1, 0.15) is 41.3 Å². The number of amides is 4. The van der Waals surface area contributed by atoms with Crippen molar-refractivity contribution in [1.82, 2.24) is 15.1 Å². The average Bonchev–Trinajstić information content (AvgIpc) is 3.37. The van der Waals surface area contributed by atoms with Crippen molar-refractivity contribution in [1.29, 1.82) is 0 Å². The van der Waals surface area contributed by atoms with E-state index in [0.717, 1.165) is 43.0 Å². The second-order valence-electron chi connectivity index (χ2n) is 8.21. The molecule has 4 rings (SSSR count). The smallest absolute Gasteiger partial charge is 0.406 e. The standard InChI is InChI=1S/C23H22F3N3O4/c1-22(17-8-10-18(11-9-17)33-23(24,25)26)20(31)29(21(32)27-22)14-15-4-6-16(7-5-15)19(30)28-12-2-3-13-28/h4-11H,2-3,12-14H2,1H3,(H,27,32). The fourth-order valence-electron chi connectivity index (χ4n) is 4.06. The number of hydrogen-bond donors (Lipinski definition) is 1. The Hall–Kier alpha value is -3.56. The Bertz CT molecular complexity index is 1060. The molecule has 2 fully saturated rings. The number of alkyl halides is 3. The zero-order chi connectivity index (χ0) is 23.8. The molecule has 1 atom stereocenters. The van der Waals surface area contributed by atoms with Gasteiger partial charge in [-0.15, -0.1) is 13.2 Å². The molecule has 33 heavy (non-hydrogen) atoms. The molecular weight excluding hydrogens is 439 g/mol. The number of hydrogen-bond acceptors (Lipinski definition) is 4.